The second kappa shape index (κ2) is 7.70. The lowest BCUT2D eigenvalue weighted by Crippen LogP contribution is -2.36. The van der Waals surface area contributed by atoms with Crippen molar-refractivity contribution >= 4 is 5.97 Å². The van der Waals surface area contributed by atoms with E-state index < -0.39 is 5.97 Å². The molecule has 1 aliphatic rings. The highest BCUT2D eigenvalue weighted by molar-refractivity contribution is 5.66. The summed E-state index contributed by atoms with van der Waals surface area (Å²) in [5.41, 5.74) is 0. The number of carboxylic acid groups (broad SMARTS) is 1. The molecule has 0 aromatic rings. The second-order valence-electron chi connectivity index (χ2n) is 5.67. The zero-order chi connectivity index (χ0) is 12.7. The maximum absolute atomic E-state index is 10.5. The first-order valence-electron chi connectivity index (χ1n) is 7.05. The van der Waals surface area contributed by atoms with E-state index in [2.05, 4.69) is 18.7 Å². The lowest BCUT2D eigenvalue weighted by atomic mass is 9.98. The Hall–Kier alpha value is -0.570. The average molecular weight is 241 g/mol. The van der Waals surface area contributed by atoms with Crippen LogP contribution in [0, 0.1) is 5.92 Å². The summed E-state index contributed by atoms with van der Waals surface area (Å²) in [6.45, 7) is 6.68. The average Bonchev–Trinajstić information content (AvgIpc) is 2.43. The van der Waals surface area contributed by atoms with E-state index in [1.54, 1.807) is 0 Å². The molecule has 1 saturated heterocycles. The summed E-state index contributed by atoms with van der Waals surface area (Å²) in [7, 11) is 0. The van der Waals surface area contributed by atoms with Gasteiger partial charge in [0.25, 0.3) is 0 Å². The van der Waals surface area contributed by atoms with Gasteiger partial charge in [-0.2, -0.15) is 0 Å². The Morgan fingerprint density at radius 3 is 2.76 bits per heavy atom. The minimum Gasteiger partial charge on any atom is -0.481 e. The number of carboxylic acids is 1. The molecule has 1 N–H and O–H groups in total. The van der Waals surface area contributed by atoms with Crippen LogP contribution in [0.25, 0.3) is 0 Å². The molecule has 0 amide bonds. The van der Waals surface area contributed by atoms with Gasteiger partial charge < -0.3 is 10.0 Å². The van der Waals surface area contributed by atoms with Gasteiger partial charge in [-0.25, -0.2) is 0 Å². The van der Waals surface area contributed by atoms with E-state index in [9.17, 15) is 4.79 Å². The van der Waals surface area contributed by atoms with Crippen molar-refractivity contribution in [1.82, 2.24) is 4.90 Å². The van der Waals surface area contributed by atoms with Gasteiger partial charge in [0.1, 0.15) is 0 Å². The molecule has 0 bridgehead atoms. The van der Waals surface area contributed by atoms with Crippen LogP contribution in [0.15, 0.2) is 0 Å². The third-order valence-electron chi connectivity index (χ3n) is 3.58. The highest BCUT2D eigenvalue weighted by atomic mass is 16.4. The van der Waals surface area contributed by atoms with E-state index >= 15 is 0 Å². The molecule has 1 fully saturated rings. The molecule has 0 spiro atoms. The van der Waals surface area contributed by atoms with Crippen molar-refractivity contribution in [3.8, 4) is 0 Å². The van der Waals surface area contributed by atoms with Gasteiger partial charge in [-0.3, -0.25) is 4.79 Å². The minimum absolute atomic E-state index is 0.310. The lowest BCUT2D eigenvalue weighted by molar-refractivity contribution is -0.137. The molecule has 0 aromatic carbocycles. The number of hydrogen-bond donors (Lipinski definition) is 1. The van der Waals surface area contributed by atoms with Crippen LogP contribution in [0.3, 0.4) is 0 Å². The Morgan fingerprint density at radius 2 is 2.12 bits per heavy atom. The van der Waals surface area contributed by atoms with Gasteiger partial charge in [0, 0.05) is 12.5 Å². The van der Waals surface area contributed by atoms with Crippen molar-refractivity contribution in [2.24, 2.45) is 5.92 Å². The number of aliphatic carboxylic acids is 1. The molecule has 0 radical (unpaired) electrons. The maximum Gasteiger partial charge on any atom is 0.303 e. The molecule has 1 unspecified atom stereocenters. The molecule has 0 aromatic heterocycles. The molecule has 1 rings (SSSR count). The predicted octanol–water partition coefficient (Wildman–Crippen LogP) is 3.14. The molecular weight excluding hydrogens is 214 g/mol. The van der Waals surface area contributed by atoms with Gasteiger partial charge in [0.15, 0.2) is 0 Å². The molecule has 100 valence electrons. The Labute approximate surface area is 105 Å². The van der Waals surface area contributed by atoms with Crippen LogP contribution in [0.1, 0.15) is 58.8 Å². The summed E-state index contributed by atoms with van der Waals surface area (Å²) in [6, 6.07) is 0.686. The van der Waals surface area contributed by atoms with Crippen molar-refractivity contribution in [2.45, 2.75) is 64.8 Å². The number of carbonyl (C=O) groups is 1. The quantitative estimate of drug-likeness (QED) is 0.776. The van der Waals surface area contributed by atoms with Crippen LogP contribution in [-0.2, 0) is 4.79 Å². The first-order chi connectivity index (χ1) is 8.09. The first-order valence-corrected chi connectivity index (χ1v) is 7.05. The Balaban J connectivity index is 2.40. The molecule has 1 heterocycles. The molecule has 1 atom stereocenters. The fourth-order valence-electron chi connectivity index (χ4n) is 2.78. The summed E-state index contributed by atoms with van der Waals surface area (Å²) in [5, 5.41) is 8.69. The number of hydrogen-bond acceptors (Lipinski definition) is 2. The second-order valence-corrected chi connectivity index (χ2v) is 5.67. The van der Waals surface area contributed by atoms with Gasteiger partial charge in [0.05, 0.1) is 0 Å². The van der Waals surface area contributed by atoms with Crippen LogP contribution >= 0.6 is 0 Å². The SMILES string of the molecule is CC(C)CC1CCCCCN1CCCC(=O)O. The van der Waals surface area contributed by atoms with E-state index in [0.29, 0.717) is 12.5 Å². The van der Waals surface area contributed by atoms with Gasteiger partial charge >= 0.3 is 5.97 Å². The standard InChI is InChI=1S/C14H27NO2/c1-12(2)11-13-7-4-3-5-9-15(13)10-6-8-14(16)17/h12-13H,3-11H2,1-2H3,(H,16,17). The third kappa shape index (κ3) is 6.06. The summed E-state index contributed by atoms with van der Waals surface area (Å²) >= 11 is 0. The molecule has 3 heteroatoms. The smallest absolute Gasteiger partial charge is 0.303 e. The van der Waals surface area contributed by atoms with Crippen molar-refractivity contribution in [3.05, 3.63) is 0 Å². The number of nitrogens with zero attached hydrogens (tertiary/aromatic N) is 1. The van der Waals surface area contributed by atoms with Crippen molar-refractivity contribution in [1.29, 1.82) is 0 Å². The predicted molar refractivity (Wildman–Crippen MR) is 70.2 cm³/mol. The van der Waals surface area contributed by atoms with E-state index in [1.165, 1.54) is 32.1 Å². The van der Waals surface area contributed by atoms with Crippen LogP contribution in [0.5, 0.6) is 0 Å². The van der Waals surface area contributed by atoms with E-state index in [4.69, 9.17) is 5.11 Å². The first kappa shape index (κ1) is 14.5. The monoisotopic (exact) mass is 241 g/mol. The Bertz CT molecular complexity index is 228. The largest absolute Gasteiger partial charge is 0.481 e. The molecule has 0 saturated carbocycles. The molecular formula is C14H27NO2. The summed E-state index contributed by atoms with van der Waals surface area (Å²) < 4.78 is 0. The van der Waals surface area contributed by atoms with Crippen LogP contribution in [0.4, 0.5) is 0 Å². The van der Waals surface area contributed by atoms with Gasteiger partial charge in [-0.1, -0.05) is 26.7 Å². The summed E-state index contributed by atoms with van der Waals surface area (Å²) in [6.07, 6.45) is 7.62. The van der Waals surface area contributed by atoms with Crippen LogP contribution in [0.2, 0.25) is 0 Å². The van der Waals surface area contributed by atoms with Gasteiger partial charge in [0.2, 0.25) is 0 Å². The van der Waals surface area contributed by atoms with Gasteiger partial charge in [-0.15, -0.1) is 0 Å². The van der Waals surface area contributed by atoms with Gasteiger partial charge in [-0.05, 0) is 44.7 Å². The van der Waals surface area contributed by atoms with Crippen molar-refractivity contribution in [2.75, 3.05) is 13.1 Å². The van der Waals surface area contributed by atoms with Crippen molar-refractivity contribution in [3.63, 3.8) is 0 Å². The number of rotatable bonds is 6. The normalized spacial score (nSPS) is 22.6. The van der Waals surface area contributed by atoms with Crippen LogP contribution < -0.4 is 0 Å². The fourth-order valence-corrected chi connectivity index (χ4v) is 2.78. The lowest BCUT2D eigenvalue weighted by Gasteiger charge is -2.31. The van der Waals surface area contributed by atoms with Crippen LogP contribution in [-0.4, -0.2) is 35.1 Å². The zero-order valence-corrected chi connectivity index (χ0v) is 11.3. The fraction of sp³-hybridized carbons (Fsp3) is 0.929. The minimum atomic E-state index is -0.666. The van der Waals surface area contributed by atoms with E-state index in [1.807, 2.05) is 0 Å². The number of likely N-dealkylation sites (tertiary alicyclic amines) is 1. The topological polar surface area (TPSA) is 40.5 Å². The van der Waals surface area contributed by atoms with Crippen molar-refractivity contribution < 1.29 is 9.90 Å². The Kier molecular flexibility index (Phi) is 6.56. The molecule has 17 heavy (non-hydrogen) atoms. The Morgan fingerprint density at radius 1 is 1.35 bits per heavy atom. The maximum atomic E-state index is 10.5. The van der Waals surface area contributed by atoms with E-state index in [-0.39, 0.29) is 0 Å². The molecule has 3 nitrogen and oxygen atoms in total. The molecule has 0 aliphatic carbocycles. The summed E-state index contributed by atoms with van der Waals surface area (Å²) in [5.74, 6) is 0.0697. The summed E-state index contributed by atoms with van der Waals surface area (Å²) in [4.78, 5) is 13.1. The highest BCUT2D eigenvalue weighted by Gasteiger charge is 2.21. The molecule has 1 aliphatic heterocycles. The highest BCUT2D eigenvalue weighted by Crippen LogP contribution is 2.22. The third-order valence-corrected chi connectivity index (χ3v) is 3.58. The van der Waals surface area contributed by atoms with E-state index in [0.717, 1.165) is 25.4 Å². The zero-order valence-electron chi connectivity index (χ0n) is 11.3.